The van der Waals surface area contributed by atoms with Crippen molar-refractivity contribution in [3.8, 4) is 0 Å². The first kappa shape index (κ1) is 12.5. The molecule has 88 valence electrons. The van der Waals surface area contributed by atoms with Crippen molar-refractivity contribution in [2.75, 3.05) is 13.1 Å². The fraction of sp³-hybridized carbons (Fsp3) is 0.909. The zero-order chi connectivity index (χ0) is 11.4. The summed E-state index contributed by atoms with van der Waals surface area (Å²) in [5.41, 5.74) is 5.69. The second kappa shape index (κ2) is 5.47. The van der Waals surface area contributed by atoms with E-state index in [1.54, 1.807) is 0 Å². The summed E-state index contributed by atoms with van der Waals surface area (Å²) in [6.07, 6.45) is 2.27. The lowest BCUT2D eigenvalue weighted by molar-refractivity contribution is -0.126. The second-order valence-electron chi connectivity index (χ2n) is 4.61. The molecule has 1 amide bonds. The number of hydrogen-bond acceptors (Lipinski definition) is 3. The predicted molar refractivity (Wildman–Crippen MR) is 61.5 cm³/mol. The molecule has 1 saturated heterocycles. The lowest BCUT2D eigenvalue weighted by atomic mass is 10.2. The van der Waals surface area contributed by atoms with Crippen LogP contribution >= 0.6 is 0 Å². The van der Waals surface area contributed by atoms with Crippen LogP contribution in [-0.2, 0) is 4.79 Å². The third-order valence-corrected chi connectivity index (χ3v) is 3.00. The maximum absolute atomic E-state index is 11.8. The van der Waals surface area contributed by atoms with Crippen molar-refractivity contribution in [1.29, 1.82) is 0 Å². The molecular weight excluding hydrogens is 190 g/mol. The zero-order valence-electron chi connectivity index (χ0n) is 9.99. The highest BCUT2D eigenvalue weighted by atomic mass is 16.2. The average Bonchev–Trinajstić information content (AvgIpc) is 2.62. The van der Waals surface area contributed by atoms with Crippen molar-refractivity contribution in [2.24, 2.45) is 5.73 Å². The Morgan fingerprint density at radius 2 is 2.20 bits per heavy atom. The van der Waals surface area contributed by atoms with E-state index in [9.17, 15) is 4.79 Å². The van der Waals surface area contributed by atoms with Gasteiger partial charge in [0, 0.05) is 18.6 Å². The van der Waals surface area contributed by atoms with Gasteiger partial charge in [-0.1, -0.05) is 0 Å². The molecule has 0 aliphatic carbocycles. The number of nitrogens with one attached hydrogen (secondary N) is 1. The molecule has 0 spiro atoms. The minimum absolute atomic E-state index is 0.0524. The normalized spacial score (nSPS) is 24.5. The van der Waals surface area contributed by atoms with Crippen LogP contribution in [0.25, 0.3) is 0 Å². The van der Waals surface area contributed by atoms with Crippen molar-refractivity contribution in [3.63, 3.8) is 0 Å². The molecule has 1 aliphatic heterocycles. The summed E-state index contributed by atoms with van der Waals surface area (Å²) in [7, 11) is 0. The monoisotopic (exact) mass is 213 g/mol. The van der Waals surface area contributed by atoms with Crippen LogP contribution in [0.2, 0.25) is 0 Å². The van der Waals surface area contributed by atoms with Crippen molar-refractivity contribution in [1.82, 2.24) is 10.2 Å². The summed E-state index contributed by atoms with van der Waals surface area (Å²) in [5.74, 6) is 0.116. The Labute approximate surface area is 92.2 Å². The standard InChI is InChI=1S/C11H23N3O/c1-8(2)13-11(15)9(3)14-6-4-5-10(14)7-12/h8-10H,4-7,12H2,1-3H3,(H,13,15). The van der Waals surface area contributed by atoms with Gasteiger partial charge < -0.3 is 11.1 Å². The first-order valence-electron chi connectivity index (χ1n) is 5.82. The number of rotatable bonds is 4. The topological polar surface area (TPSA) is 58.4 Å². The predicted octanol–water partition coefficient (Wildman–Crippen LogP) is 0.323. The summed E-state index contributed by atoms with van der Waals surface area (Å²) in [4.78, 5) is 14.0. The first-order chi connectivity index (χ1) is 7.06. The molecule has 0 aromatic rings. The van der Waals surface area contributed by atoms with Gasteiger partial charge >= 0.3 is 0 Å². The first-order valence-corrected chi connectivity index (χ1v) is 5.82. The molecule has 4 heteroatoms. The smallest absolute Gasteiger partial charge is 0.237 e. The Balaban J connectivity index is 2.51. The molecule has 1 fully saturated rings. The largest absolute Gasteiger partial charge is 0.353 e. The van der Waals surface area contributed by atoms with Gasteiger partial charge in [0.25, 0.3) is 0 Å². The van der Waals surface area contributed by atoms with E-state index in [0.717, 1.165) is 19.4 Å². The molecule has 0 aromatic carbocycles. The van der Waals surface area contributed by atoms with E-state index in [2.05, 4.69) is 10.2 Å². The lowest BCUT2D eigenvalue weighted by Gasteiger charge is -2.29. The molecular formula is C11H23N3O. The Hall–Kier alpha value is -0.610. The van der Waals surface area contributed by atoms with Crippen molar-refractivity contribution in [2.45, 2.75) is 51.7 Å². The molecule has 0 aromatic heterocycles. The fourth-order valence-corrected chi connectivity index (χ4v) is 2.18. The minimum atomic E-state index is -0.0524. The van der Waals surface area contributed by atoms with Crippen molar-refractivity contribution < 1.29 is 4.79 Å². The van der Waals surface area contributed by atoms with Crippen LogP contribution in [0.15, 0.2) is 0 Å². The Morgan fingerprint density at radius 1 is 1.53 bits per heavy atom. The van der Waals surface area contributed by atoms with Crippen LogP contribution in [0.5, 0.6) is 0 Å². The van der Waals surface area contributed by atoms with Gasteiger partial charge in [-0.3, -0.25) is 9.69 Å². The Morgan fingerprint density at radius 3 is 2.73 bits per heavy atom. The van der Waals surface area contributed by atoms with E-state index in [1.807, 2.05) is 20.8 Å². The number of nitrogens with two attached hydrogens (primary N) is 1. The number of likely N-dealkylation sites (tertiary alicyclic amines) is 1. The number of carbonyl (C=O) groups excluding carboxylic acids is 1. The van der Waals surface area contributed by atoms with Gasteiger partial charge in [-0.15, -0.1) is 0 Å². The molecule has 0 saturated carbocycles. The average molecular weight is 213 g/mol. The quantitative estimate of drug-likeness (QED) is 0.707. The van der Waals surface area contributed by atoms with Gasteiger partial charge in [0.05, 0.1) is 6.04 Å². The van der Waals surface area contributed by atoms with Crippen LogP contribution in [0.4, 0.5) is 0 Å². The van der Waals surface area contributed by atoms with Gasteiger partial charge in [0.2, 0.25) is 5.91 Å². The summed E-state index contributed by atoms with van der Waals surface area (Å²) in [6.45, 7) is 7.57. The fourth-order valence-electron chi connectivity index (χ4n) is 2.18. The summed E-state index contributed by atoms with van der Waals surface area (Å²) in [5, 5.41) is 2.94. The van der Waals surface area contributed by atoms with E-state index in [0.29, 0.717) is 12.6 Å². The molecule has 1 aliphatic rings. The Bertz CT molecular complexity index is 218. The lowest BCUT2D eigenvalue weighted by Crippen LogP contribution is -2.50. The van der Waals surface area contributed by atoms with Crippen molar-refractivity contribution in [3.05, 3.63) is 0 Å². The van der Waals surface area contributed by atoms with Crippen LogP contribution in [0, 0.1) is 0 Å². The molecule has 2 unspecified atom stereocenters. The molecule has 4 nitrogen and oxygen atoms in total. The van der Waals surface area contributed by atoms with E-state index in [1.165, 1.54) is 0 Å². The van der Waals surface area contributed by atoms with E-state index in [4.69, 9.17) is 5.73 Å². The number of nitrogens with zero attached hydrogens (tertiary/aromatic N) is 1. The SMILES string of the molecule is CC(C)NC(=O)C(C)N1CCCC1CN. The van der Waals surface area contributed by atoms with Gasteiger partial charge in [0.1, 0.15) is 0 Å². The summed E-state index contributed by atoms with van der Waals surface area (Å²) in [6, 6.07) is 0.542. The van der Waals surface area contributed by atoms with Crippen LogP contribution < -0.4 is 11.1 Å². The van der Waals surface area contributed by atoms with E-state index >= 15 is 0 Å². The van der Waals surface area contributed by atoms with Crippen molar-refractivity contribution >= 4 is 5.91 Å². The molecule has 1 heterocycles. The third-order valence-electron chi connectivity index (χ3n) is 3.00. The van der Waals surface area contributed by atoms with Crippen LogP contribution in [-0.4, -0.2) is 42.0 Å². The zero-order valence-corrected chi connectivity index (χ0v) is 9.99. The summed E-state index contributed by atoms with van der Waals surface area (Å²) < 4.78 is 0. The molecule has 3 N–H and O–H groups in total. The van der Waals surface area contributed by atoms with Gasteiger partial charge in [-0.2, -0.15) is 0 Å². The second-order valence-corrected chi connectivity index (χ2v) is 4.61. The Kier molecular flexibility index (Phi) is 4.54. The number of carbonyl (C=O) groups is 1. The van der Waals surface area contributed by atoms with Gasteiger partial charge in [0.15, 0.2) is 0 Å². The number of hydrogen-bond donors (Lipinski definition) is 2. The number of amides is 1. The molecule has 2 atom stereocenters. The highest BCUT2D eigenvalue weighted by Gasteiger charge is 2.30. The minimum Gasteiger partial charge on any atom is -0.353 e. The third kappa shape index (κ3) is 3.18. The van der Waals surface area contributed by atoms with E-state index in [-0.39, 0.29) is 18.0 Å². The van der Waals surface area contributed by atoms with Crippen LogP contribution in [0.1, 0.15) is 33.6 Å². The van der Waals surface area contributed by atoms with E-state index < -0.39 is 0 Å². The molecule has 0 bridgehead atoms. The molecule has 15 heavy (non-hydrogen) atoms. The van der Waals surface area contributed by atoms with Gasteiger partial charge in [-0.05, 0) is 40.2 Å². The molecule has 1 rings (SSSR count). The maximum atomic E-state index is 11.8. The summed E-state index contributed by atoms with van der Waals surface area (Å²) >= 11 is 0. The van der Waals surface area contributed by atoms with Gasteiger partial charge in [-0.25, -0.2) is 0 Å². The maximum Gasteiger partial charge on any atom is 0.237 e. The van der Waals surface area contributed by atoms with Crippen LogP contribution in [0.3, 0.4) is 0 Å². The highest BCUT2D eigenvalue weighted by Crippen LogP contribution is 2.19. The molecule has 0 radical (unpaired) electrons. The highest BCUT2D eigenvalue weighted by molar-refractivity contribution is 5.81.